The van der Waals surface area contributed by atoms with Gasteiger partial charge in [0.05, 0.1) is 6.61 Å². The fraction of sp³-hybridized carbons (Fsp3) is 0.667. The second-order valence-corrected chi connectivity index (χ2v) is 6.74. The van der Waals surface area contributed by atoms with Crippen molar-refractivity contribution < 1.29 is 4.74 Å². The first kappa shape index (κ1) is 14.9. The van der Waals surface area contributed by atoms with Gasteiger partial charge in [-0.3, -0.25) is 0 Å². The first-order valence-electron chi connectivity index (χ1n) is 8.35. The van der Waals surface area contributed by atoms with Gasteiger partial charge in [0, 0.05) is 37.3 Å². The van der Waals surface area contributed by atoms with Gasteiger partial charge in [-0.05, 0) is 44.4 Å². The predicted molar refractivity (Wildman–Crippen MR) is 88.1 cm³/mol. The monoisotopic (exact) mass is 288 g/mol. The number of aryl methyl sites for hydroxylation is 2. The van der Waals surface area contributed by atoms with E-state index >= 15 is 0 Å². The summed E-state index contributed by atoms with van der Waals surface area (Å²) in [7, 11) is 0. The molecule has 2 heterocycles. The SMILES string of the molecule is CCNCC1(CN2CCCc3cc(C)ccc32)CCOC1. The Morgan fingerprint density at radius 2 is 2.29 bits per heavy atom. The zero-order valence-corrected chi connectivity index (χ0v) is 13.5. The summed E-state index contributed by atoms with van der Waals surface area (Å²) in [6.45, 7) is 10.6. The molecule has 1 saturated heterocycles. The summed E-state index contributed by atoms with van der Waals surface area (Å²) in [4.78, 5) is 2.60. The Morgan fingerprint density at radius 1 is 1.38 bits per heavy atom. The Balaban J connectivity index is 1.78. The van der Waals surface area contributed by atoms with E-state index in [9.17, 15) is 0 Å². The van der Waals surface area contributed by atoms with Crippen LogP contribution in [0.3, 0.4) is 0 Å². The minimum Gasteiger partial charge on any atom is -0.381 e. The maximum atomic E-state index is 5.74. The summed E-state index contributed by atoms with van der Waals surface area (Å²) < 4.78 is 5.74. The summed E-state index contributed by atoms with van der Waals surface area (Å²) in [5, 5.41) is 3.55. The van der Waals surface area contributed by atoms with E-state index in [2.05, 4.69) is 42.3 Å². The van der Waals surface area contributed by atoms with Crippen molar-refractivity contribution in [2.45, 2.75) is 33.1 Å². The maximum absolute atomic E-state index is 5.74. The van der Waals surface area contributed by atoms with E-state index in [1.165, 1.54) is 42.6 Å². The molecule has 1 aromatic rings. The third-order valence-corrected chi connectivity index (χ3v) is 4.91. The van der Waals surface area contributed by atoms with Crippen LogP contribution in [-0.4, -0.2) is 39.4 Å². The van der Waals surface area contributed by atoms with Crippen LogP contribution in [-0.2, 0) is 11.2 Å². The molecule has 116 valence electrons. The molecule has 3 heteroatoms. The summed E-state index contributed by atoms with van der Waals surface area (Å²) >= 11 is 0. The van der Waals surface area contributed by atoms with Gasteiger partial charge in [0.15, 0.2) is 0 Å². The molecular weight excluding hydrogens is 260 g/mol. The van der Waals surface area contributed by atoms with Gasteiger partial charge in [-0.2, -0.15) is 0 Å². The van der Waals surface area contributed by atoms with Gasteiger partial charge in [0.25, 0.3) is 0 Å². The second-order valence-electron chi connectivity index (χ2n) is 6.74. The highest BCUT2D eigenvalue weighted by molar-refractivity contribution is 5.57. The van der Waals surface area contributed by atoms with Crippen LogP contribution in [0.25, 0.3) is 0 Å². The van der Waals surface area contributed by atoms with Crippen LogP contribution in [0.1, 0.15) is 30.9 Å². The number of hydrogen-bond donors (Lipinski definition) is 1. The van der Waals surface area contributed by atoms with Crippen LogP contribution >= 0.6 is 0 Å². The number of hydrogen-bond acceptors (Lipinski definition) is 3. The summed E-state index contributed by atoms with van der Waals surface area (Å²) in [5.74, 6) is 0. The Hall–Kier alpha value is -1.06. The van der Waals surface area contributed by atoms with Gasteiger partial charge >= 0.3 is 0 Å². The zero-order valence-electron chi connectivity index (χ0n) is 13.5. The van der Waals surface area contributed by atoms with Crippen LogP contribution in [0.5, 0.6) is 0 Å². The molecule has 2 aliphatic rings. The third kappa shape index (κ3) is 3.24. The molecule has 1 aromatic carbocycles. The molecule has 0 saturated carbocycles. The number of benzene rings is 1. The minimum absolute atomic E-state index is 0.287. The van der Waals surface area contributed by atoms with Crippen molar-refractivity contribution in [3.63, 3.8) is 0 Å². The quantitative estimate of drug-likeness (QED) is 0.901. The van der Waals surface area contributed by atoms with Gasteiger partial charge in [0.1, 0.15) is 0 Å². The van der Waals surface area contributed by atoms with E-state index in [1.807, 2.05) is 0 Å². The lowest BCUT2D eigenvalue weighted by Crippen LogP contribution is -2.46. The molecule has 0 aromatic heterocycles. The molecule has 0 bridgehead atoms. The largest absolute Gasteiger partial charge is 0.381 e. The van der Waals surface area contributed by atoms with E-state index in [1.54, 1.807) is 0 Å². The van der Waals surface area contributed by atoms with Gasteiger partial charge in [-0.1, -0.05) is 24.6 Å². The highest BCUT2D eigenvalue weighted by Crippen LogP contribution is 2.34. The highest BCUT2D eigenvalue weighted by Gasteiger charge is 2.37. The molecule has 2 aliphatic heterocycles. The fourth-order valence-electron chi connectivity index (χ4n) is 3.73. The molecular formula is C18H28N2O. The molecule has 3 rings (SSSR count). The van der Waals surface area contributed by atoms with Crippen LogP contribution < -0.4 is 10.2 Å². The van der Waals surface area contributed by atoms with Crippen molar-refractivity contribution in [3.8, 4) is 0 Å². The average Bonchev–Trinajstić information content (AvgIpc) is 2.94. The maximum Gasteiger partial charge on any atom is 0.0552 e. The minimum atomic E-state index is 0.287. The highest BCUT2D eigenvalue weighted by atomic mass is 16.5. The van der Waals surface area contributed by atoms with E-state index in [0.717, 1.165) is 32.8 Å². The Labute approximate surface area is 128 Å². The van der Waals surface area contributed by atoms with Gasteiger partial charge < -0.3 is 15.0 Å². The van der Waals surface area contributed by atoms with Crippen molar-refractivity contribution in [2.24, 2.45) is 5.41 Å². The molecule has 1 N–H and O–H groups in total. The second kappa shape index (κ2) is 6.37. The Bertz CT molecular complexity index is 480. The van der Waals surface area contributed by atoms with E-state index in [0.29, 0.717) is 0 Å². The molecule has 3 nitrogen and oxygen atoms in total. The predicted octanol–water partition coefficient (Wildman–Crippen LogP) is 2.76. The number of ether oxygens (including phenoxy) is 1. The van der Waals surface area contributed by atoms with Gasteiger partial charge in [-0.15, -0.1) is 0 Å². The summed E-state index contributed by atoms with van der Waals surface area (Å²) in [6.07, 6.45) is 3.68. The first-order valence-corrected chi connectivity index (χ1v) is 8.35. The molecule has 21 heavy (non-hydrogen) atoms. The van der Waals surface area contributed by atoms with Crippen LogP contribution in [0.15, 0.2) is 18.2 Å². The topological polar surface area (TPSA) is 24.5 Å². The molecule has 1 atom stereocenters. The van der Waals surface area contributed by atoms with Gasteiger partial charge in [0.2, 0.25) is 0 Å². The van der Waals surface area contributed by atoms with Crippen molar-refractivity contribution in [2.75, 3.05) is 44.3 Å². The van der Waals surface area contributed by atoms with Crippen LogP contribution in [0, 0.1) is 12.3 Å². The van der Waals surface area contributed by atoms with E-state index in [-0.39, 0.29) is 5.41 Å². The standard InChI is InChI=1S/C18H28N2O/c1-3-19-12-18(8-10-21-14-18)13-20-9-4-5-16-11-15(2)6-7-17(16)20/h6-7,11,19H,3-5,8-10,12-14H2,1-2H3. The van der Waals surface area contributed by atoms with Crippen molar-refractivity contribution in [1.29, 1.82) is 0 Å². The lowest BCUT2D eigenvalue weighted by Gasteiger charge is -2.39. The summed E-state index contributed by atoms with van der Waals surface area (Å²) in [5.41, 5.74) is 4.64. The van der Waals surface area contributed by atoms with Crippen LogP contribution in [0.2, 0.25) is 0 Å². The Kier molecular flexibility index (Phi) is 4.51. The summed E-state index contributed by atoms with van der Waals surface area (Å²) in [6, 6.07) is 6.93. The van der Waals surface area contributed by atoms with Crippen molar-refractivity contribution in [1.82, 2.24) is 5.32 Å². The first-order chi connectivity index (χ1) is 10.2. The molecule has 0 spiro atoms. The van der Waals surface area contributed by atoms with Crippen molar-refractivity contribution in [3.05, 3.63) is 29.3 Å². The average molecular weight is 288 g/mol. The van der Waals surface area contributed by atoms with E-state index in [4.69, 9.17) is 4.74 Å². The number of rotatable bonds is 5. The van der Waals surface area contributed by atoms with Crippen LogP contribution in [0.4, 0.5) is 5.69 Å². The fourth-order valence-corrected chi connectivity index (χ4v) is 3.73. The number of nitrogens with zero attached hydrogens (tertiary/aromatic N) is 1. The third-order valence-electron chi connectivity index (χ3n) is 4.91. The normalized spacial score (nSPS) is 25.1. The van der Waals surface area contributed by atoms with Gasteiger partial charge in [-0.25, -0.2) is 0 Å². The number of nitrogens with one attached hydrogen (secondary N) is 1. The molecule has 1 unspecified atom stereocenters. The molecule has 1 fully saturated rings. The lowest BCUT2D eigenvalue weighted by atomic mass is 9.85. The van der Waals surface area contributed by atoms with E-state index < -0.39 is 0 Å². The molecule has 0 radical (unpaired) electrons. The molecule has 0 amide bonds. The lowest BCUT2D eigenvalue weighted by molar-refractivity contribution is 0.152. The smallest absolute Gasteiger partial charge is 0.0552 e. The number of fused-ring (bicyclic) bond motifs is 1. The Morgan fingerprint density at radius 3 is 3.05 bits per heavy atom. The zero-order chi connectivity index (χ0) is 14.7. The van der Waals surface area contributed by atoms with Crippen molar-refractivity contribution >= 4 is 5.69 Å². The molecule has 0 aliphatic carbocycles. The number of anilines is 1.